The quantitative estimate of drug-likeness (QED) is 0.838. The highest BCUT2D eigenvalue weighted by atomic mass is 19.1. The first kappa shape index (κ1) is 10.6. The number of nitrogen functional groups attached to an aromatic ring is 1. The molecule has 0 unspecified atom stereocenters. The van der Waals surface area contributed by atoms with Gasteiger partial charge >= 0.3 is 0 Å². The molecule has 0 aliphatic rings. The van der Waals surface area contributed by atoms with Crippen molar-refractivity contribution in [3.05, 3.63) is 47.9 Å². The van der Waals surface area contributed by atoms with Crippen LogP contribution in [-0.2, 0) is 6.42 Å². The van der Waals surface area contributed by atoms with Crippen molar-refractivity contribution < 1.29 is 4.39 Å². The molecule has 0 saturated heterocycles. The van der Waals surface area contributed by atoms with Crippen LogP contribution in [0.2, 0.25) is 0 Å². The van der Waals surface area contributed by atoms with Gasteiger partial charge in [0.15, 0.2) is 0 Å². The summed E-state index contributed by atoms with van der Waals surface area (Å²) in [5.41, 5.74) is 8.49. The molecule has 1 heterocycles. The Morgan fingerprint density at radius 1 is 1.31 bits per heavy atom. The molecule has 2 aromatic rings. The number of rotatable bonds is 2. The maximum absolute atomic E-state index is 13.1. The van der Waals surface area contributed by atoms with Crippen molar-refractivity contribution in [3.8, 4) is 11.1 Å². The predicted molar refractivity (Wildman–Crippen MR) is 63.4 cm³/mol. The Morgan fingerprint density at radius 2 is 2.12 bits per heavy atom. The Bertz CT molecular complexity index is 509. The molecule has 0 amide bonds. The molecule has 0 bridgehead atoms. The number of nitrogens with zero attached hydrogens (tertiary/aromatic N) is 1. The summed E-state index contributed by atoms with van der Waals surface area (Å²) < 4.78 is 13.1. The Kier molecular flexibility index (Phi) is 2.86. The molecule has 0 spiro atoms. The summed E-state index contributed by atoms with van der Waals surface area (Å²) in [5, 5.41) is 0. The predicted octanol–water partition coefficient (Wildman–Crippen LogP) is 3.03. The van der Waals surface area contributed by atoms with Gasteiger partial charge in [0.1, 0.15) is 11.6 Å². The van der Waals surface area contributed by atoms with Crippen LogP contribution in [0.15, 0.2) is 36.5 Å². The van der Waals surface area contributed by atoms with Gasteiger partial charge in [0.25, 0.3) is 0 Å². The number of nitrogens with two attached hydrogens (primary N) is 1. The maximum atomic E-state index is 13.1. The number of hydrogen-bond donors (Lipinski definition) is 1. The lowest BCUT2D eigenvalue weighted by Gasteiger charge is -2.08. The molecule has 0 atom stereocenters. The second-order valence-corrected chi connectivity index (χ2v) is 3.63. The highest BCUT2D eigenvalue weighted by Crippen LogP contribution is 2.25. The SMILES string of the molecule is CCc1cc(N)ncc1-c1cccc(F)c1. The van der Waals surface area contributed by atoms with E-state index in [2.05, 4.69) is 4.98 Å². The minimum absolute atomic E-state index is 0.239. The molecular formula is C13H13FN2. The molecular weight excluding hydrogens is 203 g/mol. The molecule has 0 aliphatic heterocycles. The molecule has 0 saturated carbocycles. The number of aryl methyl sites for hydroxylation is 1. The summed E-state index contributed by atoms with van der Waals surface area (Å²) >= 11 is 0. The zero-order valence-corrected chi connectivity index (χ0v) is 9.07. The Hall–Kier alpha value is -1.90. The van der Waals surface area contributed by atoms with Crippen molar-refractivity contribution in [2.75, 3.05) is 5.73 Å². The van der Waals surface area contributed by atoms with Gasteiger partial charge in [0.05, 0.1) is 0 Å². The molecule has 0 radical (unpaired) electrons. The highest BCUT2D eigenvalue weighted by molar-refractivity contribution is 5.67. The lowest BCUT2D eigenvalue weighted by Crippen LogP contribution is -1.95. The van der Waals surface area contributed by atoms with Crippen molar-refractivity contribution in [3.63, 3.8) is 0 Å². The molecule has 2 nitrogen and oxygen atoms in total. The van der Waals surface area contributed by atoms with Crippen LogP contribution in [0.25, 0.3) is 11.1 Å². The van der Waals surface area contributed by atoms with Gasteiger partial charge in [-0.3, -0.25) is 0 Å². The summed E-state index contributed by atoms with van der Waals surface area (Å²) in [7, 11) is 0. The minimum atomic E-state index is -0.239. The summed E-state index contributed by atoms with van der Waals surface area (Å²) in [5.74, 6) is 0.258. The van der Waals surface area contributed by atoms with E-state index in [9.17, 15) is 4.39 Å². The first-order chi connectivity index (χ1) is 7.70. The molecule has 2 N–H and O–H groups in total. The zero-order chi connectivity index (χ0) is 11.5. The second-order valence-electron chi connectivity index (χ2n) is 3.63. The molecule has 2 rings (SSSR count). The number of aromatic nitrogens is 1. The Labute approximate surface area is 93.9 Å². The molecule has 82 valence electrons. The number of anilines is 1. The monoisotopic (exact) mass is 216 g/mol. The fraction of sp³-hybridized carbons (Fsp3) is 0.154. The van der Waals surface area contributed by atoms with Gasteiger partial charge in [-0.15, -0.1) is 0 Å². The molecule has 1 aromatic carbocycles. The number of benzene rings is 1. The molecule has 1 aromatic heterocycles. The first-order valence-electron chi connectivity index (χ1n) is 5.21. The molecule has 0 aliphatic carbocycles. The van der Waals surface area contributed by atoms with E-state index in [4.69, 9.17) is 5.73 Å². The summed E-state index contributed by atoms with van der Waals surface area (Å²) in [6, 6.07) is 8.34. The van der Waals surface area contributed by atoms with E-state index in [1.807, 2.05) is 19.1 Å². The van der Waals surface area contributed by atoms with E-state index >= 15 is 0 Å². The third kappa shape index (κ3) is 2.03. The topological polar surface area (TPSA) is 38.9 Å². The fourth-order valence-electron chi connectivity index (χ4n) is 1.72. The smallest absolute Gasteiger partial charge is 0.123 e. The fourth-order valence-corrected chi connectivity index (χ4v) is 1.72. The summed E-state index contributed by atoms with van der Waals surface area (Å²) in [4.78, 5) is 4.05. The van der Waals surface area contributed by atoms with E-state index < -0.39 is 0 Å². The average Bonchev–Trinajstić information content (AvgIpc) is 2.28. The van der Waals surface area contributed by atoms with Crippen molar-refractivity contribution in [2.45, 2.75) is 13.3 Å². The summed E-state index contributed by atoms with van der Waals surface area (Å²) in [6.07, 6.45) is 2.54. The summed E-state index contributed by atoms with van der Waals surface area (Å²) in [6.45, 7) is 2.04. The van der Waals surface area contributed by atoms with Gasteiger partial charge in [0.2, 0.25) is 0 Å². The van der Waals surface area contributed by atoms with Crippen LogP contribution in [0, 0.1) is 5.82 Å². The molecule has 0 fully saturated rings. The Morgan fingerprint density at radius 3 is 2.81 bits per heavy atom. The normalized spacial score (nSPS) is 10.4. The van der Waals surface area contributed by atoms with Gasteiger partial charge in [-0.25, -0.2) is 9.37 Å². The van der Waals surface area contributed by atoms with Gasteiger partial charge < -0.3 is 5.73 Å². The van der Waals surface area contributed by atoms with Crippen molar-refractivity contribution >= 4 is 5.82 Å². The van der Waals surface area contributed by atoms with Gasteiger partial charge in [-0.1, -0.05) is 19.1 Å². The van der Waals surface area contributed by atoms with E-state index in [-0.39, 0.29) is 5.82 Å². The molecule has 3 heteroatoms. The van der Waals surface area contributed by atoms with Crippen LogP contribution in [0.4, 0.5) is 10.2 Å². The van der Waals surface area contributed by atoms with Crippen LogP contribution in [0.1, 0.15) is 12.5 Å². The van der Waals surface area contributed by atoms with Crippen LogP contribution < -0.4 is 5.73 Å². The van der Waals surface area contributed by atoms with Crippen LogP contribution in [0.5, 0.6) is 0 Å². The number of halogens is 1. The van der Waals surface area contributed by atoms with E-state index in [1.54, 1.807) is 12.3 Å². The van der Waals surface area contributed by atoms with E-state index in [0.717, 1.165) is 23.1 Å². The van der Waals surface area contributed by atoms with Crippen LogP contribution in [0.3, 0.4) is 0 Å². The molecule has 16 heavy (non-hydrogen) atoms. The maximum Gasteiger partial charge on any atom is 0.123 e. The average molecular weight is 216 g/mol. The number of hydrogen-bond acceptors (Lipinski definition) is 2. The van der Waals surface area contributed by atoms with Crippen molar-refractivity contribution in [1.82, 2.24) is 4.98 Å². The Balaban J connectivity index is 2.55. The van der Waals surface area contributed by atoms with Crippen molar-refractivity contribution in [2.24, 2.45) is 0 Å². The van der Waals surface area contributed by atoms with Gasteiger partial charge in [-0.2, -0.15) is 0 Å². The minimum Gasteiger partial charge on any atom is -0.384 e. The van der Waals surface area contributed by atoms with Crippen LogP contribution in [-0.4, -0.2) is 4.98 Å². The standard InChI is InChI=1S/C13H13FN2/c1-2-9-7-13(15)16-8-12(9)10-4-3-5-11(14)6-10/h3-8H,2H2,1H3,(H2,15,16). The second kappa shape index (κ2) is 4.31. The third-order valence-corrected chi connectivity index (χ3v) is 2.53. The van der Waals surface area contributed by atoms with Crippen molar-refractivity contribution in [1.29, 1.82) is 0 Å². The van der Waals surface area contributed by atoms with Gasteiger partial charge in [0, 0.05) is 11.8 Å². The lowest BCUT2D eigenvalue weighted by molar-refractivity contribution is 0.628. The van der Waals surface area contributed by atoms with Gasteiger partial charge in [-0.05, 0) is 35.7 Å². The highest BCUT2D eigenvalue weighted by Gasteiger charge is 2.05. The largest absolute Gasteiger partial charge is 0.384 e. The first-order valence-corrected chi connectivity index (χ1v) is 5.21. The zero-order valence-electron chi connectivity index (χ0n) is 9.07. The van der Waals surface area contributed by atoms with Crippen LogP contribution >= 0.6 is 0 Å². The number of pyridine rings is 1. The van der Waals surface area contributed by atoms with E-state index in [0.29, 0.717) is 5.82 Å². The van der Waals surface area contributed by atoms with E-state index in [1.165, 1.54) is 12.1 Å². The third-order valence-electron chi connectivity index (χ3n) is 2.53. The lowest BCUT2D eigenvalue weighted by atomic mass is 10.0.